The summed E-state index contributed by atoms with van der Waals surface area (Å²) >= 11 is 1.38. The van der Waals surface area contributed by atoms with Gasteiger partial charge < -0.3 is 23.7 Å². The molecule has 0 radical (unpaired) electrons. The average Bonchev–Trinajstić information content (AvgIpc) is 2.95. The Labute approximate surface area is 160 Å². The predicted octanol–water partition coefficient (Wildman–Crippen LogP) is 1.65. The van der Waals surface area contributed by atoms with E-state index in [1.807, 2.05) is 30.3 Å². The van der Waals surface area contributed by atoms with Gasteiger partial charge in [-0.25, -0.2) is 0 Å². The number of esters is 3. The van der Waals surface area contributed by atoms with Gasteiger partial charge in [-0.2, -0.15) is 0 Å². The molecule has 3 rings (SSSR count). The summed E-state index contributed by atoms with van der Waals surface area (Å²) in [5.74, 6) is -1.76. The van der Waals surface area contributed by atoms with Gasteiger partial charge in [-0.3, -0.25) is 14.4 Å². The van der Waals surface area contributed by atoms with Crippen LogP contribution in [0.4, 0.5) is 0 Å². The van der Waals surface area contributed by atoms with Gasteiger partial charge >= 0.3 is 17.9 Å². The second-order valence-corrected chi connectivity index (χ2v) is 7.30. The van der Waals surface area contributed by atoms with Gasteiger partial charge in [0, 0.05) is 25.7 Å². The molecule has 0 amide bonds. The quantitative estimate of drug-likeness (QED) is 0.543. The smallest absolute Gasteiger partial charge is 0.303 e. The lowest BCUT2D eigenvalue weighted by Crippen LogP contribution is -2.58. The number of hydrogen-bond donors (Lipinski definition) is 0. The molecule has 2 bridgehead atoms. The summed E-state index contributed by atoms with van der Waals surface area (Å²) in [7, 11) is 0. The number of carbonyl (C=O) groups is 3. The second-order valence-electron chi connectivity index (χ2n) is 6.13. The van der Waals surface area contributed by atoms with E-state index in [0.29, 0.717) is 0 Å². The van der Waals surface area contributed by atoms with Crippen molar-refractivity contribution in [1.82, 2.24) is 0 Å². The molecule has 0 saturated carbocycles. The zero-order valence-electron chi connectivity index (χ0n) is 15.0. The Hall–Kier alpha value is -2.10. The molecule has 2 saturated heterocycles. The maximum atomic E-state index is 11.6. The van der Waals surface area contributed by atoms with Crippen molar-refractivity contribution in [3.63, 3.8) is 0 Å². The second kappa shape index (κ2) is 8.28. The van der Waals surface area contributed by atoms with E-state index in [4.69, 9.17) is 23.7 Å². The highest BCUT2D eigenvalue weighted by atomic mass is 32.2. The molecule has 6 atom stereocenters. The van der Waals surface area contributed by atoms with Gasteiger partial charge in [-0.1, -0.05) is 30.0 Å². The fourth-order valence-electron chi connectivity index (χ4n) is 3.07. The van der Waals surface area contributed by atoms with E-state index < -0.39 is 54.0 Å². The zero-order chi connectivity index (χ0) is 19.6. The summed E-state index contributed by atoms with van der Waals surface area (Å²) in [6.07, 6.45) is -4.68. The lowest BCUT2D eigenvalue weighted by Gasteiger charge is -2.38. The van der Waals surface area contributed by atoms with Crippen LogP contribution in [0.1, 0.15) is 20.8 Å². The summed E-state index contributed by atoms with van der Waals surface area (Å²) in [5.41, 5.74) is -0.541. The first-order valence-electron chi connectivity index (χ1n) is 8.39. The molecule has 0 N–H and O–H groups in total. The van der Waals surface area contributed by atoms with Gasteiger partial charge in [0.25, 0.3) is 0 Å². The van der Waals surface area contributed by atoms with E-state index in [9.17, 15) is 14.4 Å². The molecular formula is C18H20O8S. The zero-order valence-corrected chi connectivity index (χ0v) is 15.8. The highest BCUT2D eigenvalue weighted by molar-refractivity contribution is 7.99. The first kappa shape index (κ1) is 19.7. The molecule has 2 fully saturated rings. The third kappa shape index (κ3) is 4.60. The van der Waals surface area contributed by atoms with Crippen LogP contribution in [0.2, 0.25) is 0 Å². The Morgan fingerprint density at radius 1 is 0.815 bits per heavy atom. The van der Waals surface area contributed by atoms with Gasteiger partial charge in [0.2, 0.25) is 6.29 Å². The lowest BCUT2D eigenvalue weighted by atomic mass is 10.00. The molecular weight excluding hydrogens is 376 g/mol. The minimum atomic E-state index is -1.05. The monoisotopic (exact) mass is 396 g/mol. The Morgan fingerprint density at radius 2 is 1.37 bits per heavy atom. The first-order chi connectivity index (χ1) is 12.8. The average molecular weight is 396 g/mol. The van der Waals surface area contributed by atoms with Crippen LogP contribution in [0.5, 0.6) is 0 Å². The van der Waals surface area contributed by atoms with E-state index >= 15 is 0 Å². The normalized spacial score (nSPS) is 31.8. The number of carbonyl (C=O) groups excluding carboxylic acids is 3. The molecule has 0 aliphatic carbocycles. The van der Waals surface area contributed by atoms with Crippen LogP contribution in [0.3, 0.4) is 0 Å². The van der Waals surface area contributed by atoms with Gasteiger partial charge in [0.15, 0.2) is 18.3 Å². The lowest BCUT2D eigenvalue weighted by molar-refractivity contribution is -0.250. The van der Waals surface area contributed by atoms with Gasteiger partial charge in [0.1, 0.15) is 11.5 Å². The van der Waals surface area contributed by atoms with E-state index in [1.165, 1.54) is 32.5 Å². The van der Waals surface area contributed by atoms with Crippen molar-refractivity contribution >= 4 is 29.7 Å². The SMILES string of the molecule is CC(=O)O[C@@H]1[C@@H](OC(C)=O)[C@@H]2O[C@@H](O[C@H]2Sc2ccccc2)[C@H]1OC(C)=O. The van der Waals surface area contributed by atoms with Crippen molar-refractivity contribution in [2.45, 2.75) is 61.8 Å². The van der Waals surface area contributed by atoms with E-state index in [-0.39, 0.29) is 0 Å². The molecule has 8 nitrogen and oxygen atoms in total. The molecule has 0 unspecified atom stereocenters. The van der Waals surface area contributed by atoms with E-state index in [1.54, 1.807) is 0 Å². The van der Waals surface area contributed by atoms with Gasteiger partial charge in [-0.05, 0) is 12.1 Å². The summed E-state index contributed by atoms with van der Waals surface area (Å²) < 4.78 is 27.7. The number of fused-ring (bicyclic) bond motifs is 2. The fourth-order valence-corrected chi connectivity index (χ4v) is 4.17. The van der Waals surface area contributed by atoms with Crippen molar-refractivity contribution in [2.24, 2.45) is 0 Å². The standard InChI is InChI=1S/C18H20O8S/c1-9(19)22-13-14(23-10(2)20)16-18(27-12-7-5-4-6-8-12)26-17(25-16)15(13)24-11(3)21/h4-8,13-18H,1-3H3/t13-,14-,15+,16+,17+,18+/m1/s1. The van der Waals surface area contributed by atoms with Crippen molar-refractivity contribution < 1.29 is 38.1 Å². The summed E-state index contributed by atoms with van der Waals surface area (Å²) in [4.78, 5) is 35.7. The molecule has 2 aliphatic heterocycles. The fraction of sp³-hybridized carbons (Fsp3) is 0.500. The van der Waals surface area contributed by atoms with Crippen LogP contribution in [-0.2, 0) is 38.1 Å². The summed E-state index contributed by atoms with van der Waals surface area (Å²) in [6, 6.07) is 9.48. The molecule has 27 heavy (non-hydrogen) atoms. The Morgan fingerprint density at radius 3 is 1.96 bits per heavy atom. The molecule has 1 aromatic carbocycles. The van der Waals surface area contributed by atoms with E-state index in [0.717, 1.165) is 4.90 Å². The molecule has 146 valence electrons. The van der Waals surface area contributed by atoms with Crippen LogP contribution in [-0.4, -0.2) is 54.0 Å². The van der Waals surface area contributed by atoms with Crippen molar-refractivity contribution in [3.05, 3.63) is 30.3 Å². The van der Waals surface area contributed by atoms with Crippen LogP contribution >= 0.6 is 11.8 Å². The molecule has 2 aliphatic rings. The molecule has 0 aromatic heterocycles. The number of hydrogen-bond acceptors (Lipinski definition) is 9. The summed E-state index contributed by atoms with van der Waals surface area (Å²) in [5, 5.41) is 0. The number of benzene rings is 1. The van der Waals surface area contributed by atoms with Crippen LogP contribution in [0.25, 0.3) is 0 Å². The van der Waals surface area contributed by atoms with Crippen LogP contribution < -0.4 is 0 Å². The maximum Gasteiger partial charge on any atom is 0.303 e. The van der Waals surface area contributed by atoms with Crippen molar-refractivity contribution in [3.8, 4) is 0 Å². The third-order valence-electron chi connectivity index (χ3n) is 3.97. The van der Waals surface area contributed by atoms with Crippen molar-refractivity contribution in [2.75, 3.05) is 0 Å². The van der Waals surface area contributed by atoms with Gasteiger partial charge in [0.05, 0.1) is 0 Å². The topological polar surface area (TPSA) is 97.4 Å². The minimum absolute atomic E-state index is 0.541. The largest absolute Gasteiger partial charge is 0.455 e. The molecule has 9 heteroatoms. The highest BCUT2D eigenvalue weighted by Gasteiger charge is 2.60. The minimum Gasteiger partial charge on any atom is -0.455 e. The third-order valence-corrected chi connectivity index (χ3v) is 5.12. The van der Waals surface area contributed by atoms with E-state index in [2.05, 4.69) is 0 Å². The predicted molar refractivity (Wildman–Crippen MR) is 92.5 cm³/mol. The van der Waals surface area contributed by atoms with Crippen LogP contribution in [0, 0.1) is 0 Å². The van der Waals surface area contributed by atoms with Crippen LogP contribution in [0.15, 0.2) is 35.2 Å². The molecule has 1 aromatic rings. The van der Waals surface area contributed by atoms with Gasteiger partial charge in [-0.15, -0.1) is 0 Å². The Kier molecular flexibility index (Phi) is 6.03. The Balaban J connectivity index is 1.90. The maximum absolute atomic E-state index is 11.6. The molecule has 0 spiro atoms. The Bertz CT molecular complexity index is 709. The van der Waals surface area contributed by atoms with Crippen molar-refractivity contribution in [1.29, 1.82) is 0 Å². The molecule has 2 heterocycles. The number of ether oxygens (including phenoxy) is 5. The summed E-state index contributed by atoms with van der Waals surface area (Å²) in [6.45, 7) is 3.69. The first-order valence-corrected chi connectivity index (χ1v) is 9.27. The highest BCUT2D eigenvalue weighted by Crippen LogP contribution is 2.43. The number of thioether (sulfide) groups is 1. The number of rotatable bonds is 5.